The number of rotatable bonds is 3. The maximum atomic E-state index is 11.7. The molecular weight excluding hydrogens is 306 g/mol. The van der Waals surface area contributed by atoms with E-state index in [1.807, 2.05) is 30.3 Å². The number of phenolic OH excluding ortho intramolecular Hbond substituents is 1. The Labute approximate surface area is 137 Å². The summed E-state index contributed by atoms with van der Waals surface area (Å²) in [6.45, 7) is 0. The first-order chi connectivity index (χ1) is 11.6. The van der Waals surface area contributed by atoms with Gasteiger partial charge in [-0.25, -0.2) is 0 Å². The quantitative estimate of drug-likeness (QED) is 0.688. The molecule has 4 rings (SSSR count). The molecule has 0 saturated carbocycles. The molecule has 2 heterocycles. The number of primary amides is 1. The molecule has 0 spiro atoms. The zero-order valence-corrected chi connectivity index (χ0v) is 12.6. The van der Waals surface area contributed by atoms with Crippen molar-refractivity contribution in [2.45, 2.75) is 12.1 Å². The summed E-state index contributed by atoms with van der Waals surface area (Å²) < 4.78 is 5.62. The van der Waals surface area contributed by atoms with E-state index in [9.17, 15) is 9.90 Å². The summed E-state index contributed by atoms with van der Waals surface area (Å²) in [5.41, 5.74) is 7.12. The molecule has 3 aromatic rings. The van der Waals surface area contributed by atoms with E-state index < -0.39 is 18.1 Å². The first-order valence-electron chi connectivity index (χ1n) is 7.51. The molecule has 0 fully saturated rings. The predicted octanol–water partition coefficient (Wildman–Crippen LogP) is 2.34. The third-order valence-corrected chi connectivity index (χ3v) is 4.17. The number of carbonyl (C=O) groups is 1. The minimum Gasteiger partial charge on any atom is -0.507 e. The summed E-state index contributed by atoms with van der Waals surface area (Å²) in [4.78, 5) is 15.7. The molecule has 4 N–H and O–H groups in total. The van der Waals surface area contributed by atoms with Gasteiger partial charge in [0, 0.05) is 22.8 Å². The Kier molecular flexibility index (Phi) is 3.23. The standard InChI is InChI=1S/C18H15N3O3/c19-18(23)17-16(13-6-7-20-9-15(13)24-17)21-11-4-5-12-10(8-11)2-1-3-14(12)22/h1-9,16-17,21-22H,(H2,19,23). The van der Waals surface area contributed by atoms with Crippen LogP contribution in [0, 0.1) is 0 Å². The predicted molar refractivity (Wildman–Crippen MR) is 89.8 cm³/mol. The highest BCUT2D eigenvalue weighted by Crippen LogP contribution is 2.38. The lowest BCUT2D eigenvalue weighted by molar-refractivity contribution is -0.124. The van der Waals surface area contributed by atoms with Gasteiger partial charge in [-0.2, -0.15) is 0 Å². The monoisotopic (exact) mass is 321 g/mol. The van der Waals surface area contributed by atoms with Crippen LogP contribution in [0.1, 0.15) is 11.6 Å². The SMILES string of the molecule is NC(=O)C1Oc2cnccc2C1Nc1ccc2c(O)cccc2c1. The lowest BCUT2D eigenvalue weighted by Crippen LogP contribution is -2.38. The van der Waals surface area contributed by atoms with Gasteiger partial charge in [-0.05, 0) is 35.7 Å². The highest BCUT2D eigenvalue weighted by atomic mass is 16.5. The first-order valence-corrected chi connectivity index (χ1v) is 7.51. The van der Waals surface area contributed by atoms with Crippen LogP contribution >= 0.6 is 0 Å². The van der Waals surface area contributed by atoms with Gasteiger partial charge in [0.25, 0.3) is 5.91 Å². The van der Waals surface area contributed by atoms with Crippen LogP contribution in [0.3, 0.4) is 0 Å². The molecule has 1 aliphatic rings. The summed E-state index contributed by atoms with van der Waals surface area (Å²) in [5, 5.41) is 14.8. The van der Waals surface area contributed by atoms with Crippen molar-refractivity contribution in [1.29, 1.82) is 0 Å². The third-order valence-electron chi connectivity index (χ3n) is 4.17. The number of hydrogen-bond acceptors (Lipinski definition) is 5. The molecule has 120 valence electrons. The van der Waals surface area contributed by atoms with Crippen LogP contribution in [-0.2, 0) is 4.79 Å². The molecule has 0 aliphatic carbocycles. The normalized spacial score (nSPS) is 18.8. The van der Waals surface area contributed by atoms with E-state index in [1.165, 1.54) is 0 Å². The van der Waals surface area contributed by atoms with Crippen molar-refractivity contribution in [3.05, 3.63) is 60.4 Å². The Hall–Kier alpha value is -3.28. The first kappa shape index (κ1) is 14.3. The molecule has 1 aromatic heterocycles. The number of aromatic nitrogens is 1. The van der Waals surface area contributed by atoms with Crippen molar-refractivity contribution in [3.8, 4) is 11.5 Å². The minimum atomic E-state index is -0.802. The number of aromatic hydroxyl groups is 1. The maximum absolute atomic E-state index is 11.7. The van der Waals surface area contributed by atoms with E-state index in [-0.39, 0.29) is 5.75 Å². The molecule has 0 saturated heterocycles. The number of carbonyl (C=O) groups excluding carboxylic acids is 1. The number of nitrogens with two attached hydrogens (primary N) is 1. The highest BCUT2D eigenvalue weighted by Gasteiger charge is 2.38. The number of ether oxygens (including phenoxy) is 1. The number of hydrogen-bond donors (Lipinski definition) is 3. The topological polar surface area (TPSA) is 97.5 Å². The van der Waals surface area contributed by atoms with Gasteiger partial charge in [0.1, 0.15) is 17.5 Å². The number of amides is 1. The van der Waals surface area contributed by atoms with Crippen molar-refractivity contribution < 1.29 is 14.6 Å². The second-order valence-corrected chi connectivity index (χ2v) is 5.69. The molecule has 6 nitrogen and oxygen atoms in total. The lowest BCUT2D eigenvalue weighted by Gasteiger charge is -2.19. The minimum absolute atomic E-state index is 0.231. The summed E-state index contributed by atoms with van der Waals surface area (Å²) in [6, 6.07) is 12.3. The van der Waals surface area contributed by atoms with Gasteiger partial charge < -0.3 is 20.9 Å². The molecule has 24 heavy (non-hydrogen) atoms. The van der Waals surface area contributed by atoms with Gasteiger partial charge in [0.05, 0.1) is 6.20 Å². The van der Waals surface area contributed by atoms with Crippen LogP contribution in [0.25, 0.3) is 10.8 Å². The summed E-state index contributed by atoms with van der Waals surface area (Å²) >= 11 is 0. The van der Waals surface area contributed by atoms with Crippen LogP contribution in [0.15, 0.2) is 54.9 Å². The molecule has 2 atom stereocenters. The highest BCUT2D eigenvalue weighted by molar-refractivity contribution is 5.91. The molecule has 1 amide bonds. The van der Waals surface area contributed by atoms with Gasteiger partial charge in [0.15, 0.2) is 0 Å². The van der Waals surface area contributed by atoms with Crippen LogP contribution in [-0.4, -0.2) is 22.1 Å². The van der Waals surface area contributed by atoms with Crippen LogP contribution in [0.4, 0.5) is 5.69 Å². The average Bonchev–Trinajstić information content (AvgIpc) is 2.94. The molecular formula is C18H15N3O3. The Morgan fingerprint density at radius 3 is 2.96 bits per heavy atom. The Morgan fingerprint density at radius 1 is 1.25 bits per heavy atom. The van der Waals surface area contributed by atoms with E-state index in [1.54, 1.807) is 24.5 Å². The molecule has 2 unspecified atom stereocenters. The smallest absolute Gasteiger partial charge is 0.261 e. The van der Waals surface area contributed by atoms with E-state index in [0.717, 1.165) is 22.0 Å². The number of pyridine rings is 1. The van der Waals surface area contributed by atoms with Crippen LogP contribution in [0.2, 0.25) is 0 Å². The van der Waals surface area contributed by atoms with Gasteiger partial charge in [-0.3, -0.25) is 9.78 Å². The van der Waals surface area contributed by atoms with Gasteiger partial charge in [0.2, 0.25) is 6.10 Å². The number of fused-ring (bicyclic) bond motifs is 2. The van der Waals surface area contributed by atoms with E-state index in [2.05, 4.69) is 10.3 Å². The molecule has 6 heteroatoms. The maximum Gasteiger partial charge on any atom is 0.261 e. The summed E-state index contributed by atoms with van der Waals surface area (Å²) in [5.74, 6) is 0.244. The fraction of sp³-hybridized carbons (Fsp3) is 0.111. The molecule has 0 bridgehead atoms. The van der Waals surface area contributed by atoms with Gasteiger partial charge >= 0.3 is 0 Å². The number of nitrogens with zero attached hydrogens (tertiary/aromatic N) is 1. The Morgan fingerprint density at radius 2 is 2.12 bits per heavy atom. The van der Waals surface area contributed by atoms with Crippen molar-refractivity contribution in [1.82, 2.24) is 4.98 Å². The van der Waals surface area contributed by atoms with Crippen LogP contribution in [0.5, 0.6) is 11.5 Å². The Bertz CT molecular complexity index is 942. The van der Waals surface area contributed by atoms with Crippen LogP contribution < -0.4 is 15.8 Å². The van der Waals surface area contributed by atoms with E-state index >= 15 is 0 Å². The fourth-order valence-electron chi connectivity index (χ4n) is 3.03. The third kappa shape index (κ3) is 2.28. The van der Waals surface area contributed by atoms with Crippen molar-refractivity contribution in [2.75, 3.05) is 5.32 Å². The zero-order valence-electron chi connectivity index (χ0n) is 12.6. The lowest BCUT2D eigenvalue weighted by atomic mass is 10.0. The summed E-state index contributed by atoms with van der Waals surface area (Å²) in [6.07, 6.45) is 2.42. The van der Waals surface area contributed by atoms with Gasteiger partial charge in [-0.15, -0.1) is 0 Å². The Balaban J connectivity index is 1.72. The largest absolute Gasteiger partial charge is 0.507 e. The van der Waals surface area contributed by atoms with Crippen molar-refractivity contribution in [3.63, 3.8) is 0 Å². The number of anilines is 1. The van der Waals surface area contributed by atoms with E-state index in [0.29, 0.717) is 5.75 Å². The molecule has 0 radical (unpaired) electrons. The van der Waals surface area contributed by atoms with Crippen molar-refractivity contribution >= 4 is 22.4 Å². The number of benzene rings is 2. The molecule has 1 aliphatic heterocycles. The molecule has 2 aromatic carbocycles. The average molecular weight is 321 g/mol. The van der Waals surface area contributed by atoms with Crippen molar-refractivity contribution in [2.24, 2.45) is 5.73 Å². The van der Waals surface area contributed by atoms with E-state index in [4.69, 9.17) is 10.5 Å². The summed E-state index contributed by atoms with van der Waals surface area (Å²) in [7, 11) is 0. The second-order valence-electron chi connectivity index (χ2n) is 5.69. The second kappa shape index (κ2) is 5.42. The number of phenols is 1. The zero-order chi connectivity index (χ0) is 16.7. The number of nitrogens with one attached hydrogen (secondary N) is 1. The fourth-order valence-corrected chi connectivity index (χ4v) is 3.03. The van der Waals surface area contributed by atoms with Gasteiger partial charge in [-0.1, -0.05) is 12.1 Å².